The monoisotopic (exact) mass is 449 g/mol. The van der Waals surface area contributed by atoms with Crippen molar-refractivity contribution in [2.24, 2.45) is 0 Å². The van der Waals surface area contributed by atoms with Crippen LogP contribution in [0.15, 0.2) is 41.3 Å². The summed E-state index contributed by atoms with van der Waals surface area (Å²) in [5.74, 6) is -1.08. The number of H-pyrrole nitrogens is 1. The lowest BCUT2D eigenvalue weighted by Crippen LogP contribution is -2.25. The smallest absolute Gasteiger partial charge is 0.253 e. The maximum absolute atomic E-state index is 14.7. The van der Waals surface area contributed by atoms with Gasteiger partial charge in [0.1, 0.15) is 28.7 Å². The Morgan fingerprint density at radius 2 is 1.88 bits per heavy atom. The van der Waals surface area contributed by atoms with Crippen LogP contribution >= 0.6 is 0 Å². The summed E-state index contributed by atoms with van der Waals surface area (Å²) in [6, 6.07) is 6.86. The van der Waals surface area contributed by atoms with Crippen LogP contribution < -0.4 is 5.56 Å². The molecule has 33 heavy (non-hydrogen) atoms. The van der Waals surface area contributed by atoms with E-state index in [1.807, 2.05) is 6.92 Å². The number of nitrogens with zero attached hydrogens (tertiary/aromatic N) is 4. The van der Waals surface area contributed by atoms with Crippen LogP contribution in [0, 0.1) is 25.5 Å². The molecule has 2 atom stereocenters. The van der Waals surface area contributed by atoms with Crippen molar-refractivity contribution in [2.75, 3.05) is 6.61 Å². The number of nitrogens with one attached hydrogen (secondary N) is 1. The molecule has 1 aromatic carbocycles. The van der Waals surface area contributed by atoms with Crippen molar-refractivity contribution in [2.45, 2.75) is 38.7 Å². The molecule has 4 heterocycles. The van der Waals surface area contributed by atoms with Crippen LogP contribution in [-0.4, -0.2) is 31.5 Å². The Morgan fingerprint density at radius 1 is 1.06 bits per heavy atom. The predicted octanol–water partition coefficient (Wildman–Crippen LogP) is 4.31. The summed E-state index contributed by atoms with van der Waals surface area (Å²) in [6.07, 6.45) is 2.29. The second kappa shape index (κ2) is 8.40. The SMILES string of the molecule is Cc1nc2nc([C@H]3CCO[C@@H](c4ccc[nH]c4=O)C3)nc(-c3ccc(F)cc3F)c2nc1C. The minimum atomic E-state index is -0.735. The Labute approximate surface area is 187 Å². The van der Waals surface area contributed by atoms with Crippen LogP contribution in [0.3, 0.4) is 0 Å². The maximum atomic E-state index is 14.7. The minimum absolute atomic E-state index is 0.130. The number of benzene rings is 1. The molecule has 0 unspecified atom stereocenters. The van der Waals surface area contributed by atoms with Crippen LogP contribution in [0.5, 0.6) is 0 Å². The van der Waals surface area contributed by atoms with E-state index in [1.54, 1.807) is 25.3 Å². The number of fused-ring (bicyclic) bond motifs is 1. The summed E-state index contributed by atoms with van der Waals surface area (Å²) in [4.78, 5) is 33.4. The first-order chi connectivity index (χ1) is 15.9. The molecule has 1 fully saturated rings. The number of hydrogen-bond donors (Lipinski definition) is 1. The van der Waals surface area contributed by atoms with Crippen molar-refractivity contribution in [1.82, 2.24) is 24.9 Å². The van der Waals surface area contributed by atoms with E-state index in [-0.39, 0.29) is 22.7 Å². The van der Waals surface area contributed by atoms with Crippen LogP contribution in [0.2, 0.25) is 0 Å². The molecular weight excluding hydrogens is 428 g/mol. The summed E-state index contributed by atoms with van der Waals surface area (Å²) in [5, 5.41) is 0. The Morgan fingerprint density at radius 3 is 2.67 bits per heavy atom. The molecule has 0 bridgehead atoms. The average molecular weight is 449 g/mol. The van der Waals surface area contributed by atoms with E-state index in [2.05, 4.69) is 24.9 Å². The molecule has 0 saturated carbocycles. The van der Waals surface area contributed by atoms with E-state index < -0.39 is 17.7 Å². The fraction of sp³-hybridized carbons (Fsp3) is 0.292. The molecule has 4 aromatic rings. The summed E-state index contributed by atoms with van der Waals surface area (Å²) >= 11 is 0. The molecule has 168 valence electrons. The molecule has 7 nitrogen and oxygen atoms in total. The van der Waals surface area contributed by atoms with E-state index >= 15 is 0 Å². The molecule has 3 aromatic heterocycles. The molecule has 1 N–H and O–H groups in total. The van der Waals surface area contributed by atoms with E-state index in [0.717, 1.165) is 6.07 Å². The van der Waals surface area contributed by atoms with Gasteiger partial charge in [0.05, 0.1) is 17.5 Å². The first kappa shape index (κ1) is 21.3. The fourth-order valence-electron chi connectivity index (χ4n) is 4.12. The summed E-state index contributed by atoms with van der Waals surface area (Å²) < 4.78 is 34.2. The van der Waals surface area contributed by atoms with Crippen LogP contribution in [0.4, 0.5) is 8.78 Å². The van der Waals surface area contributed by atoms with Gasteiger partial charge in [0.2, 0.25) is 0 Å². The highest BCUT2D eigenvalue weighted by atomic mass is 19.1. The third-order valence-electron chi connectivity index (χ3n) is 5.99. The van der Waals surface area contributed by atoms with Crippen molar-refractivity contribution in [1.29, 1.82) is 0 Å². The Hall–Kier alpha value is -3.59. The van der Waals surface area contributed by atoms with E-state index in [9.17, 15) is 13.6 Å². The third kappa shape index (κ3) is 4.00. The van der Waals surface area contributed by atoms with Crippen LogP contribution in [-0.2, 0) is 4.74 Å². The Bertz CT molecular complexity index is 1420. The molecule has 1 aliphatic rings. The molecular formula is C24H21F2N5O2. The topological polar surface area (TPSA) is 93.7 Å². The van der Waals surface area contributed by atoms with Crippen molar-refractivity contribution in [3.8, 4) is 11.3 Å². The molecule has 0 amide bonds. The number of pyridine rings is 1. The van der Waals surface area contributed by atoms with E-state index in [4.69, 9.17) is 4.74 Å². The molecule has 1 saturated heterocycles. The van der Waals surface area contributed by atoms with Crippen molar-refractivity contribution in [3.63, 3.8) is 0 Å². The van der Waals surface area contributed by atoms with Gasteiger partial charge < -0.3 is 9.72 Å². The third-order valence-corrected chi connectivity index (χ3v) is 5.99. The van der Waals surface area contributed by atoms with Crippen LogP contribution in [0.25, 0.3) is 22.4 Å². The summed E-state index contributed by atoms with van der Waals surface area (Å²) in [5.41, 5.74) is 2.83. The number of rotatable bonds is 3. The van der Waals surface area contributed by atoms with Crippen LogP contribution in [0.1, 0.15) is 47.6 Å². The number of halogens is 2. The minimum Gasteiger partial charge on any atom is -0.373 e. The lowest BCUT2D eigenvalue weighted by Gasteiger charge is -2.28. The Balaban J connectivity index is 1.63. The van der Waals surface area contributed by atoms with Gasteiger partial charge in [-0.05, 0) is 51.0 Å². The normalized spacial score (nSPS) is 18.5. The van der Waals surface area contributed by atoms with Gasteiger partial charge in [-0.3, -0.25) is 4.79 Å². The summed E-state index contributed by atoms with van der Waals surface area (Å²) in [7, 11) is 0. The number of aromatic amines is 1. The van der Waals surface area contributed by atoms with Gasteiger partial charge in [0.15, 0.2) is 5.65 Å². The zero-order chi connectivity index (χ0) is 23.1. The zero-order valence-corrected chi connectivity index (χ0v) is 18.1. The Kier molecular flexibility index (Phi) is 5.41. The molecule has 9 heteroatoms. The number of aryl methyl sites for hydroxylation is 2. The highest BCUT2D eigenvalue weighted by Crippen LogP contribution is 2.37. The van der Waals surface area contributed by atoms with Gasteiger partial charge in [-0.25, -0.2) is 28.7 Å². The number of ether oxygens (including phenoxy) is 1. The predicted molar refractivity (Wildman–Crippen MR) is 118 cm³/mol. The fourth-order valence-corrected chi connectivity index (χ4v) is 4.12. The van der Waals surface area contributed by atoms with Gasteiger partial charge in [-0.15, -0.1) is 0 Å². The largest absolute Gasteiger partial charge is 0.373 e. The average Bonchev–Trinajstić information content (AvgIpc) is 2.80. The molecule has 5 rings (SSSR count). The lowest BCUT2D eigenvalue weighted by molar-refractivity contribution is 0.00320. The van der Waals surface area contributed by atoms with Crippen molar-refractivity contribution < 1.29 is 13.5 Å². The first-order valence-corrected chi connectivity index (χ1v) is 10.7. The summed E-state index contributed by atoms with van der Waals surface area (Å²) in [6.45, 7) is 4.05. The van der Waals surface area contributed by atoms with Gasteiger partial charge in [-0.2, -0.15) is 0 Å². The van der Waals surface area contributed by atoms with Gasteiger partial charge in [0.25, 0.3) is 5.56 Å². The molecule has 0 aliphatic carbocycles. The second-order valence-electron chi connectivity index (χ2n) is 8.16. The second-order valence-corrected chi connectivity index (χ2v) is 8.16. The van der Waals surface area contributed by atoms with Gasteiger partial charge in [0, 0.05) is 35.9 Å². The maximum Gasteiger partial charge on any atom is 0.253 e. The zero-order valence-electron chi connectivity index (χ0n) is 18.1. The van der Waals surface area contributed by atoms with E-state index in [1.165, 1.54) is 12.1 Å². The highest BCUT2D eigenvalue weighted by Gasteiger charge is 2.30. The standard InChI is InChI=1S/C24H21F2N5O2/c1-12-13(2)29-23-21(28-12)20(16-6-5-15(25)11-18(16)26)30-22(31-23)14-7-9-33-19(10-14)17-4-3-8-27-24(17)32/h3-6,8,11,14,19H,7,9-10H2,1-2H3,(H,27,32)/t14-,19+/m0/s1. The first-order valence-electron chi connectivity index (χ1n) is 10.7. The lowest BCUT2D eigenvalue weighted by atomic mass is 9.91. The van der Waals surface area contributed by atoms with E-state index in [0.29, 0.717) is 53.4 Å². The molecule has 0 spiro atoms. The molecule has 1 aliphatic heterocycles. The van der Waals surface area contributed by atoms with Gasteiger partial charge >= 0.3 is 0 Å². The number of hydrogen-bond acceptors (Lipinski definition) is 6. The highest BCUT2D eigenvalue weighted by molar-refractivity contribution is 5.87. The quantitative estimate of drug-likeness (QED) is 0.501. The van der Waals surface area contributed by atoms with Gasteiger partial charge in [-0.1, -0.05) is 0 Å². The molecule has 0 radical (unpaired) electrons. The van der Waals surface area contributed by atoms with Crippen molar-refractivity contribution in [3.05, 3.63) is 81.3 Å². The number of aromatic nitrogens is 5. The van der Waals surface area contributed by atoms with Crippen molar-refractivity contribution >= 4 is 11.2 Å².